The second kappa shape index (κ2) is 13.7. The van der Waals surface area contributed by atoms with E-state index >= 15 is 0 Å². The summed E-state index contributed by atoms with van der Waals surface area (Å²) >= 11 is 0. The van der Waals surface area contributed by atoms with Gasteiger partial charge in [0.15, 0.2) is 0 Å². The highest BCUT2D eigenvalue weighted by Gasteiger charge is 2.07. The van der Waals surface area contributed by atoms with Gasteiger partial charge in [-0.2, -0.15) is 0 Å². The van der Waals surface area contributed by atoms with E-state index in [9.17, 15) is 0 Å². The topological polar surface area (TPSA) is 37.2 Å². The van der Waals surface area contributed by atoms with Crippen molar-refractivity contribution in [2.24, 2.45) is 10.3 Å². The molecule has 0 saturated carbocycles. The third kappa shape index (κ3) is 7.56. The maximum Gasteiger partial charge on any atom is 0.127 e. The van der Waals surface area contributed by atoms with Crippen molar-refractivity contribution in [3.8, 4) is 34.5 Å². The van der Waals surface area contributed by atoms with E-state index in [4.69, 9.17) is 4.74 Å². The van der Waals surface area contributed by atoms with Gasteiger partial charge < -0.3 is 4.74 Å². The first-order valence-electron chi connectivity index (χ1n) is 13.0. The van der Waals surface area contributed by atoms with Crippen LogP contribution in [0.5, 0.6) is 11.5 Å². The first kappa shape index (κ1) is 25.7. The lowest BCUT2D eigenvalue weighted by molar-refractivity contribution is 0.483. The lowest BCUT2D eigenvalue weighted by atomic mass is 10.0. The van der Waals surface area contributed by atoms with Gasteiger partial charge in [-0.25, -0.2) is 5.01 Å². The summed E-state index contributed by atoms with van der Waals surface area (Å²) in [6.45, 7) is 4.99. The van der Waals surface area contributed by atoms with Gasteiger partial charge >= 0.3 is 0 Å². The summed E-state index contributed by atoms with van der Waals surface area (Å²) < 4.78 is 5.94. The maximum absolute atomic E-state index is 5.94. The minimum Gasteiger partial charge on any atom is -0.457 e. The Bertz CT molecular complexity index is 1340. The Morgan fingerprint density at radius 2 is 1.41 bits per heavy atom. The molecule has 0 saturated heterocycles. The highest BCUT2D eigenvalue weighted by molar-refractivity contribution is 5.70. The third-order valence-electron chi connectivity index (χ3n) is 5.91. The van der Waals surface area contributed by atoms with Crippen molar-refractivity contribution in [1.82, 2.24) is 0 Å². The molecule has 0 aliphatic heterocycles. The van der Waals surface area contributed by atoms with Crippen LogP contribution in [0.3, 0.4) is 0 Å². The van der Waals surface area contributed by atoms with E-state index in [0.29, 0.717) is 0 Å². The highest BCUT2D eigenvalue weighted by Crippen LogP contribution is 2.30. The number of benzene rings is 4. The molecule has 0 fully saturated rings. The lowest BCUT2D eigenvalue weighted by Crippen LogP contribution is -2.13. The first-order valence-corrected chi connectivity index (χ1v) is 13.0. The molecule has 4 aromatic rings. The zero-order chi connectivity index (χ0) is 25.7. The van der Waals surface area contributed by atoms with Crippen LogP contribution in [0.1, 0.15) is 45.1 Å². The zero-order valence-electron chi connectivity index (χ0n) is 21.6. The highest BCUT2D eigenvalue weighted by atomic mass is 16.5. The lowest BCUT2D eigenvalue weighted by Gasteiger charge is -2.15. The summed E-state index contributed by atoms with van der Waals surface area (Å²) in [5.41, 5.74) is 4.84. The van der Waals surface area contributed by atoms with Gasteiger partial charge in [-0.3, -0.25) is 0 Å². The number of anilines is 1. The van der Waals surface area contributed by atoms with Crippen molar-refractivity contribution in [2.45, 2.75) is 39.5 Å². The summed E-state index contributed by atoms with van der Waals surface area (Å²) in [4.78, 5) is 0. The molecule has 0 aromatic heterocycles. The molecule has 0 bridgehead atoms. The summed E-state index contributed by atoms with van der Waals surface area (Å²) in [7, 11) is 0. The summed E-state index contributed by atoms with van der Waals surface area (Å²) in [6.07, 6.45) is 4.37. The molecule has 4 heteroatoms. The smallest absolute Gasteiger partial charge is 0.127 e. The molecular formula is C33H33N3O. The Kier molecular flexibility index (Phi) is 9.49. The Balaban J connectivity index is 1.58. The van der Waals surface area contributed by atoms with E-state index in [1.54, 1.807) is 0 Å². The molecule has 0 aliphatic rings. The number of hydrogen-bond donors (Lipinski definition) is 0. The molecular weight excluding hydrogens is 454 g/mol. The molecule has 186 valence electrons. The van der Waals surface area contributed by atoms with E-state index in [0.717, 1.165) is 59.0 Å². The second-order valence-corrected chi connectivity index (χ2v) is 8.67. The fraction of sp³-hybridized carbons (Fsp3) is 0.212. The molecule has 37 heavy (non-hydrogen) atoms. The molecule has 0 atom stereocenters. The molecule has 0 spiro atoms. The van der Waals surface area contributed by atoms with Crippen LogP contribution in [0.15, 0.2) is 113 Å². The van der Waals surface area contributed by atoms with E-state index in [1.807, 2.05) is 83.9 Å². The van der Waals surface area contributed by atoms with Crippen molar-refractivity contribution in [3.63, 3.8) is 0 Å². The molecule has 0 amide bonds. The van der Waals surface area contributed by atoms with E-state index < -0.39 is 0 Å². The average Bonchev–Trinajstić information content (AvgIpc) is 2.95. The van der Waals surface area contributed by atoms with Gasteiger partial charge in [-0.15, -0.1) is 5.11 Å². The molecule has 0 aliphatic carbocycles. The largest absolute Gasteiger partial charge is 0.457 e. The minimum atomic E-state index is 0.723. The monoisotopic (exact) mass is 487 g/mol. The van der Waals surface area contributed by atoms with Crippen LogP contribution in [-0.4, -0.2) is 6.54 Å². The van der Waals surface area contributed by atoms with Crippen molar-refractivity contribution in [1.29, 1.82) is 0 Å². The predicted molar refractivity (Wildman–Crippen MR) is 153 cm³/mol. The number of ether oxygens (including phenoxy) is 1. The predicted octanol–water partition coefficient (Wildman–Crippen LogP) is 9.60. The Labute approximate surface area is 220 Å². The van der Waals surface area contributed by atoms with Gasteiger partial charge in [0.05, 0.1) is 11.3 Å². The normalized spacial score (nSPS) is 10.6. The van der Waals surface area contributed by atoms with Gasteiger partial charge in [-0.05, 0) is 73.0 Å². The summed E-state index contributed by atoms with van der Waals surface area (Å²) in [5.74, 6) is 8.33. The SMILES string of the molecule is CCCCCC#Cc1cc(-c2ccc(Oc3ccccc3)cc2)ccc1N=NN(CC)c1ccccc1. The Morgan fingerprint density at radius 1 is 0.730 bits per heavy atom. The number of para-hydroxylation sites is 2. The third-order valence-corrected chi connectivity index (χ3v) is 5.91. The molecule has 0 heterocycles. The van der Waals surface area contributed by atoms with E-state index in [-0.39, 0.29) is 0 Å². The Morgan fingerprint density at radius 3 is 2.11 bits per heavy atom. The van der Waals surface area contributed by atoms with Crippen LogP contribution >= 0.6 is 0 Å². The standard InChI is InChI=1S/C33H33N3O/c1-3-5-6-7-10-15-29-26-28(27-20-23-32(24-21-27)37-31-18-13-9-14-19-31)22-25-33(29)34-35-36(4-2)30-16-11-8-12-17-30/h8-9,11-14,16-26H,3-7H2,1-2H3. The van der Waals surface area contributed by atoms with E-state index in [1.165, 1.54) is 12.8 Å². The quantitative estimate of drug-likeness (QED) is 0.0966. The zero-order valence-corrected chi connectivity index (χ0v) is 21.6. The molecule has 0 N–H and O–H groups in total. The van der Waals surface area contributed by atoms with Crippen LogP contribution < -0.4 is 9.75 Å². The van der Waals surface area contributed by atoms with Gasteiger partial charge in [0.1, 0.15) is 17.2 Å². The van der Waals surface area contributed by atoms with Gasteiger partial charge in [-0.1, -0.05) is 91.4 Å². The average molecular weight is 488 g/mol. The first-order chi connectivity index (χ1) is 18.3. The van der Waals surface area contributed by atoms with Gasteiger partial charge in [0.25, 0.3) is 0 Å². The fourth-order valence-corrected chi connectivity index (χ4v) is 3.86. The van der Waals surface area contributed by atoms with Crippen LogP contribution in [-0.2, 0) is 0 Å². The van der Waals surface area contributed by atoms with Crippen molar-refractivity contribution in [3.05, 3.63) is 109 Å². The molecule has 0 radical (unpaired) electrons. The maximum atomic E-state index is 5.94. The minimum absolute atomic E-state index is 0.723. The van der Waals surface area contributed by atoms with Gasteiger partial charge in [0.2, 0.25) is 0 Å². The Hall–Kier alpha value is -4.36. The fourth-order valence-electron chi connectivity index (χ4n) is 3.86. The van der Waals surface area contributed by atoms with Crippen LogP contribution in [0.4, 0.5) is 11.4 Å². The van der Waals surface area contributed by atoms with Crippen molar-refractivity contribution >= 4 is 11.4 Å². The molecule has 0 unspecified atom stereocenters. The number of rotatable bonds is 10. The number of hydrogen-bond acceptors (Lipinski definition) is 3. The molecule has 4 nitrogen and oxygen atoms in total. The summed E-state index contributed by atoms with van der Waals surface area (Å²) in [5, 5.41) is 11.0. The second-order valence-electron chi connectivity index (χ2n) is 8.67. The molecule has 4 aromatic carbocycles. The van der Waals surface area contributed by atoms with E-state index in [2.05, 4.69) is 60.3 Å². The van der Waals surface area contributed by atoms with Crippen LogP contribution in [0, 0.1) is 11.8 Å². The van der Waals surface area contributed by atoms with Crippen LogP contribution in [0.2, 0.25) is 0 Å². The summed E-state index contributed by atoms with van der Waals surface area (Å²) in [6, 6.07) is 34.2. The molecule has 4 rings (SSSR count). The van der Waals surface area contributed by atoms with Crippen molar-refractivity contribution < 1.29 is 4.74 Å². The van der Waals surface area contributed by atoms with Crippen LogP contribution in [0.25, 0.3) is 11.1 Å². The number of unbranched alkanes of at least 4 members (excludes halogenated alkanes) is 3. The van der Waals surface area contributed by atoms with Gasteiger partial charge in [0, 0.05) is 13.0 Å². The number of nitrogens with zero attached hydrogens (tertiary/aromatic N) is 3. The van der Waals surface area contributed by atoms with Crippen molar-refractivity contribution in [2.75, 3.05) is 11.6 Å².